The van der Waals surface area contributed by atoms with Gasteiger partial charge >= 0.3 is 17.9 Å². The summed E-state index contributed by atoms with van der Waals surface area (Å²) in [5.41, 5.74) is 0. The van der Waals surface area contributed by atoms with E-state index in [1.54, 1.807) is 0 Å². The third-order valence-corrected chi connectivity index (χ3v) is 13.3. The molecule has 0 aromatic rings. The van der Waals surface area contributed by atoms with Crippen LogP contribution in [0.5, 0.6) is 0 Å². The first kappa shape index (κ1) is 66.4. The van der Waals surface area contributed by atoms with Crippen molar-refractivity contribution >= 4 is 17.9 Å². The van der Waals surface area contributed by atoms with Gasteiger partial charge in [0.1, 0.15) is 13.2 Å². The first-order valence-electron chi connectivity index (χ1n) is 30.1. The van der Waals surface area contributed by atoms with Gasteiger partial charge in [0.25, 0.3) is 0 Å². The highest BCUT2D eigenvalue weighted by molar-refractivity contribution is 5.71. The molecule has 0 bridgehead atoms. The summed E-state index contributed by atoms with van der Waals surface area (Å²) in [7, 11) is 0. The second-order valence-corrected chi connectivity index (χ2v) is 20.3. The number of allylic oxidation sites excluding steroid dienone is 8. The Morgan fingerprint density at radius 3 is 0.855 bits per heavy atom. The van der Waals surface area contributed by atoms with E-state index in [-0.39, 0.29) is 37.5 Å². The number of carbonyl (C=O) groups is 3. The summed E-state index contributed by atoms with van der Waals surface area (Å²) >= 11 is 0. The van der Waals surface area contributed by atoms with E-state index in [0.29, 0.717) is 19.3 Å². The van der Waals surface area contributed by atoms with Crippen LogP contribution in [0.1, 0.15) is 316 Å². The summed E-state index contributed by atoms with van der Waals surface area (Å²) in [6, 6.07) is 0. The van der Waals surface area contributed by atoms with E-state index in [2.05, 4.69) is 69.4 Å². The van der Waals surface area contributed by atoms with Gasteiger partial charge in [0.2, 0.25) is 0 Å². The lowest BCUT2D eigenvalue weighted by Gasteiger charge is -2.18. The van der Waals surface area contributed by atoms with Gasteiger partial charge < -0.3 is 14.2 Å². The van der Waals surface area contributed by atoms with Gasteiger partial charge in [-0.3, -0.25) is 14.4 Å². The van der Waals surface area contributed by atoms with E-state index in [9.17, 15) is 14.4 Å². The monoisotopic (exact) mass is 967 g/mol. The first-order valence-corrected chi connectivity index (χ1v) is 30.1. The van der Waals surface area contributed by atoms with E-state index in [1.165, 1.54) is 205 Å². The van der Waals surface area contributed by atoms with E-state index in [1.807, 2.05) is 0 Å². The van der Waals surface area contributed by atoms with E-state index in [0.717, 1.165) is 64.2 Å². The molecule has 0 aromatic heterocycles. The van der Waals surface area contributed by atoms with Crippen LogP contribution in [0.25, 0.3) is 0 Å². The predicted molar refractivity (Wildman–Crippen MR) is 298 cm³/mol. The Morgan fingerprint density at radius 2 is 0.536 bits per heavy atom. The molecule has 0 amide bonds. The Morgan fingerprint density at radius 1 is 0.290 bits per heavy atom. The highest BCUT2D eigenvalue weighted by Gasteiger charge is 2.19. The zero-order valence-electron chi connectivity index (χ0n) is 46.1. The average molecular weight is 968 g/mol. The molecule has 0 spiro atoms. The quantitative estimate of drug-likeness (QED) is 0.0262. The molecule has 6 nitrogen and oxygen atoms in total. The molecule has 69 heavy (non-hydrogen) atoms. The summed E-state index contributed by atoms with van der Waals surface area (Å²) in [5.74, 6) is -0.927. The second kappa shape index (κ2) is 57.9. The minimum Gasteiger partial charge on any atom is -0.462 e. The lowest BCUT2D eigenvalue weighted by atomic mass is 10.0. The lowest BCUT2D eigenvalue weighted by Crippen LogP contribution is -2.30. The van der Waals surface area contributed by atoms with Crippen molar-refractivity contribution in [2.24, 2.45) is 0 Å². The standard InChI is InChI=1S/C63H114O6/c1-4-7-10-13-16-19-22-25-28-30-31-33-35-38-41-44-47-50-53-56-62(65)68-59-60(58-67-61(64)55-52-49-46-43-40-37-34-27-24-21-18-15-12-9-6-3)69-63(66)57-54-51-48-45-42-39-36-32-29-26-23-20-17-14-11-8-5-2/h17,20,26,29,36,39,45,48,60H,4-16,18-19,21-25,27-28,30-35,37-38,40-44,46-47,49-59H2,1-3H3/b20-17-,29-26-,39-36-,48-45-/t60-/m1/s1. The van der Waals surface area contributed by atoms with Crippen molar-refractivity contribution in [3.63, 3.8) is 0 Å². The van der Waals surface area contributed by atoms with Crippen molar-refractivity contribution in [1.29, 1.82) is 0 Å². The van der Waals surface area contributed by atoms with Gasteiger partial charge in [-0.2, -0.15) is 0 Å². The fraction of sp³-hybridized carbons (Fsp3) is 0.825. The van der Waals surface area contributed by atoms with E-state index >= 15 is 0 Å². The lowest BCUT2D eigenvalue weighted by molar-refractivity contribution is -0.167. The molecule has 402 valence electrons. The van der Waals surface area contributed by atoms with Gasteiger partial charge in [0.15, 0.2) is 6.10 Å². The largest absolute Gasteiger partial charge is 0.462 e. The summed E-state index contributed by atoms with van der Waals surface area (Å²) in [6.07, 6.45) is 71.1. The zero-order chi connectivity index (χ0) is 50.0. The molecule has 0 radical (unpaired) electrons. The van der Waals surface area contributed by atoms with Crippen LogP contribution in [0.2, 0.25) is 0 Å². The summed E-state index contributed by atoms with van der Waals surface area (Å²) in [6.45, 7) is 6.62. The van der Waals surface area contributed by atoms with Crippen LogP contribution in [-0.2, 0) is 28.6 Å². The Balaban J connectivity index is 4.40. The van der Waals surface area contributed by atoms with Gasteiger partial charge in [-0.05, 0) is 57.8 Å². The highest BCUT2D eigenvalue weighted by Crippen LogP contribution is 2.17. The van der Waals surface area contributed by atoms with Crippen LogP contribution >= 0.6 is 0 Å². The third-order valence-electron chi connectivity index (χ3n) is 13.3. The molecule has 0 fully saturated rings. The maximum Gasteiger partial charge on any atom is 0.306 e. The number of rotatable bonds is 55. The molecule has 0 heterocycles. The summed E-state index contributed by atoms with van der Waals surface area (Å²) < 4.78 is 16.9. The molecule has 0 aromatic carbocycles. The SMILES string of the molecule is CCCCC/C=C\C/C=C\C/C=C\C/C=C\CCCC(=O)O[C@H](COC(=O)CCCCCCCCCCCCCCCCC)COC(=O)CCCCCCCCCCCCCCCCCCCCC. The smallest absolute Gasteiger partial charge is 0.306 e. The van der Waals surface area contributed by atoms with E-state index in [4.69, 9.17) is 14.2 Å². The average Bonchev–Trinajstić information content (AvgIpc) is 3.35. The first-order chi connectivity index (χ1) is 34.0. The van der Waals surface area contributed by atoms with Crippen molar-refractivity contribution < 1.29 is 28.6 Å². The molecule has 0 aliphatic rings. The maximum atomic E-state index is 12.8. The van der Waals surface area contributed by atoms with Gasteiger partial charge in [-0.1, -0.05) is 288 Å². The summed E-state index contributed by atoms with van der Waals surface area (Å²) in [5, 5.41) is 0. The van der Waals surface area contributed by atoms with Gasteiger partial charge in [-0.25, -0.2) is 0 Å². The predicted octanol–water partition coefficient (Wildman–Crippen LogP) is 20.2. The molecule has 6 heteroatoms. The Kier molecular flexibility index (Phi) is 55.7. The second-order valence-electron chi connectivity index (χ2n) is 20.3. The van der Waals surface area contributed by atoms with Crippen LogP contribution in [0.4, 0.5) is 0 Å². The van der Waals surface area contributed by atoms with Crippen molar-refractivity contribution in [3.8, 4) is 0 Å². The molecule has 0 rings (SSSR count). The van der Waals surface area contributed by atoms with Crippen molar-refractivity contribution in [2.45, 2.75) is 322 Å². The molecule has 0 aliphatic heterocycles. The molecule has 0 saturated heterocycles. The molecular weight excluding hydrogens is 853 g/mol. The fourth-order valence-corrected chi connectivity index (χ4v) is 8.79. The Labute approximate surface area is 428 Å². The Bertz CT molecular complexity index is 1200. The number of esters is 3. The topological polar surface area (TPSA) is 78.9 Å². The molecular formula is C63H114O6. The normalized spacial score (nSPS) is 12.3. The number of carbonyl (C=O) groups excluding carboxylic acids is 3. The van der Waals surface area contributed by atoms with Crippen molar-refractivity contribution in [2.75, 3.05) is 13.2 Å². The van der Waals surface area contributed by atoms with Crippen LogP contribution in [-0.4, -0.2) is 37.2 Å². The van der Waals surface area contributed by atoms with Gasteiger partial charge in [-0.15, -0.1) is 0 Å². The molecule has 0 saturated carbocycles. The van der Waals surface area contributed by atoms with Crippen LogP contribution in [0, 0.1) is 0 Å². The van der Waals surface area contributed by atoms with Crippen LogP contribution in [0.15, 0.2) is 48.6 Å². The molecule has 0 unspecified atom stereocenters. The Hall–Kier alpha value is -2.63. The highest BCUT2D eigenvalue weighted by atomic mass is 16.6. The van der Waals surface area contributed by atoms with Gasteiger partial charge in [0.05, 0.1) is 0 Å². The molecule has 1 atom stereocenters. The third kappa shape index (κ3) is 56.2. The summed E-state index contributed by atoms with van der Waals surface area (Å²) in [4.78, 5) is 38.2. The molecule has 0 aliphatic carbocycles. The van der Waals surface area contributed by atoms with E-state index < -0.39 is 6.10 Å². The number of hydrogen-bond donors (Lipinski definition) is 0. The number of unbranched alkanes of at least 4 members (excludes halogenated alkanes) is 36. The van der Waals surface area contributed by atoms with Gasteiger partial charge in [0, 0.05) is 19.3 Å². The van der Waals surface area contributed by atoms with Crippen molar-refractivity contribution in [3.05, 3.63) is 48.6 Å². The number of ether oxygens (including phenoxy) is 3. The molecule has 0 N–H and O–H groups in total. The van der Waals surface area contributed by atoms with Crippen LogP contribution < -0.4 is 0 Å². The zero-order valence-corrected chi connectivity index (χ0v) is 46.1. The fourth-order valence-electron chi connectivity index (χ4n) is 8.79. The minimum atomic E-state index is -0.798. The maximum absolute atomic E-state index is 12.8. The van der Waals surface area contributed by atoms with Crippen LogP contribution in [0.3, 0.4) is 0 Å². The minimum absolute atomic E-state index is 0.0902. The number of hydrogen-bond acceptors (Lipinski definition) is 6. The van der Waals surface area contributed by atoms with Crippen molar-refractivity contribution in [1.82, 2.24) is 0 Å².